The van der Waals surface area contributed by atoms with E-state index in [-0.39, 0.29) is 21.2 Å². The number of esters is 1. The molecule has 0 aliphatic carbocycles. The number of benzene rings is 1. The normalized spacial score (nSPS) is 11.0. The number of carbonyl (C=O) groups excluding carboxylic acids is 1. The number of aromatic nitrogens is 1. The van der Waals surface area contributed by atoms with Gasteiger partial charge in [-0.25, -0.2) is 13.2 Å². The zero-order valence-electron chi connectivity index (χ0n) is 11.7. The molecule has 1 aromatic heterocycles. The summed E-state index contributed by atoms with van der Waals surface area (Å²) in [7, 11) is -2.47. The molecule has 0 radical (unpaired) electrons. The molecule has 116 valence electrons. The van der Waals surface area contributed by atoms with Crippen molar-refractivity contribution in [2.24, 2.45) is 0 Å². The number of nitrogens with zero attached hydrogens (tertiary/aromatic N) is 1. The quantitative estimate of drug-likeness (QED) is 0.795. The van der Waals surface area contributed by atoms with Gasteiger partial charge in [0.2, 0.25) is 0 Å². The minimum Gasteiger partial charge on any atom is -0.465 e. The molecule has 0 spiro atoms. The van der Waals surface area contributed by atoms with E-state index < -0.39 is 15.8 Å². The lowest BCUT2D eigenvalue weighted by atomic mass is 10.2. The van der Waals surface area contributed by atoms with Crippen LogP contribution in [0.5, 0.6) is 11.5 Å². The maximum Gasteiger partial charge on any atom is 0.339 e. The summed E-state index contributed by atoms with van der Waals surface area (Å²) in [5, 5.41) is 0.0261. The van der Waals surface area contributed by atoms with Gasteiger partial charge in [0, 0.05) is 18.5 Å². The lowest BCUT2D eigenvalue weighted by Gasteiger charge is -2.12. The molecule has 0 N–H and O–H groups in total. The Labute approximate surface area is 132 Å². The van der Waals surface area contributed by atoms with Gasteiger partial charge in [-0.2, -0.15) is 0 Å². The van der Waals surface area contributed by atoms with Gasteiger partial charge in [0.25, 0.3) is 0 Å². The third kappa shape index (κ3) is 3.55. The molecule has 0 amide bonds. The summed E-state index contributed by atoms with van der Waals surface area (Å²) in [6.45, 7) is 0. The number of methoxy groups -OCH3 is 1. The number of halogens is 1. The van der Waals surface area contributed by atoms with Crippen LogP contribution in [0.3, 0.4) is 0 Å². The van der Waals surface area contributed by atoms with Crippen molar-refractivity contribution < 1.29 is 22.7 Å². The van der Waals surface area contributed by atoms with Crippen molar-refractivity contribution in [3.63, 3.8) is 0 Å². The Balaban J connectivity index is 2.58. The topological polar surface area (TPSA) is 82.6 Å². The molecular weight excluding hydrogens is 330 g/mol. The molecule has 1 heterocycles. The van der Waals surface area contributed by atoms with E-state index >= 15 is 0 Å². The largest absolute Gasteiger partial charge is 0.465 e. The Morgan fingerprint density at radius 3 is 2.59 bits per heavy atom. The Bertz CT molecular complexity index is 805. The van der Waals surface area contributed by atoms with E-state index in [0.717, 1.165) is 12.3 Å². The highest BCUT2D eigenvalue weighted by Crippen LogP contribution is 2.34. The molecule has 0 saturated carbocycles. The Morgan fingerprint density at radius 1 is 1.32 bits per heavy atom. The Hall–Kier alpha value is -2.12. The number of sulfone groups is 1. The highest BCUT2D eigenvalue weighted by atomic mass is 35.5. The average molecular weight is 342 g/mol. The summed E-state index contributed by atoms with van der Waals surface area (Å²) in [5.74, 6) is -0.384. The minimum atomic E-state index is -3.65. The third-order valence-corrected chi connectivity index (χ3v) is 4.13. The molecule has 0 saturated heterocycles. The SMILES string of the molecule is COC(=O)c1cc(S(C)(=O)=O)c(Oc2cccnc2)cc1Cl. The van der Waals surface area contributed by atoms with Crippen molar-refractivity contribution in [3.8, 4) is 11.5 Å². The monoisotopic (exact) mass is 341 g/mol. The fourth-order valence-corrected chi connectivity index (χ4v) is 2.73. The van der Waals surface area contributed by atoms with Gasteiger partial charge >= 0.3 is 5.97 Å². The molecule has 0 fully saturated rings. The van der Waals surface area contributed by atoms with Gasteiger partial charge in [0.15, 0.2) is 9.84 Å². The second-order valence-electron chi connectivity index (χ2n) is 4.33. The molecule has 0 unspecified atom stereocenters. The van der Waals surface area contributed by atoms with Crippen molar-refractivity contribution in [1.82, 2.24) is 4.98 Å². The van der Waals surface area contributed by atoms with E-state index in [9.17, 15) is 13.2 Å². The lowest BCUT2D eigenvalue weighted by molar-refractivity contribution is 0.0600. The maximum absolute atomic E-state index is 11.9. The summed E-state index contributed by atoms with van der Waals surface area (Å²) in [4.78, 5) is 15.3. The van der Waals surface area contributed by atoms with Crippen molar-refractivity contribution in [1.29, 1.82) is 0 Å². The first-order valence-electron chi connectivity index (χ1n) is 6.02. The smallest absolute Gasteiger partial charge is 0.339 e. The number of rotatable bonds is 4. The summed E-state index contributed by atoms with van der Waals surface area (Å²) >= 11 is 6.00. The van der Waals surface area contributed by atoms with Crippen molar-refractivity contribution >= 4 is 27.4 Å². The number of pyridine rings is 1. The van der Waals surface area contributed by atoms with E-state index in [1.807, 2.05) is 0 Å². The summed E-state index contributed by atoms with van der Waals surface area (Å²) in [5.41, 5.74) is -0.0527. The number of hydrogen-bond donors (Lipinski definition) is 0. The van der Waals surface area contributed by atoms with Crippen molar-refractivity contribution in [2.45, 2.75) is 4.90 Å². The molecule has 2 aromatic rings. The number of ether oxygens (including phenoxy) is 2. The number of carbonyl (C=O) groups is 1. The van der Waals surface area contributed by atoms with Crippen molar-refractivity contribution in [2.75, 3.05) is 13.4 Å². The predicted octanol–water partition coefficient (Wildman–Crippen LogP) is 2.72. The van der Waals surface area contributed by atoms with Crippen LogP contribution in [0.1, 0.15) is 10.4 Å². The minimum absolute atomic E-state index is 0.00755. The Kier molecular flexibility index (Phi) is 4.68. The van der Waals surface area contributed by atoms with Crippen LogP contribution in [-0.4, -0.2) is 32.7 Å². The second-order valence-corrected chi connectivity index (χ2v) is 6.72. The van der Waals surface area contributed by atoms with Gasteiger partial charge in [-0.05, 0) is 18.2 Å². The highest BCUT2D eigenvalue weighted by molar-refractivity contribution is 7.90. The molecule has 6 nitrogen and oxygen atoms in total. The van der Waals surface area contributed by atoms with Crippen LogP contribution in [-0.2, 0) is 14.6 Å². The molecule has 0 aliphatic heterocycles. The summed E-state index contributed by atoms with van der Waals surface area (Å²) in [6, 6.07) is 5.65. The van der Waals surface area contributed by atoms with E-state index in [1.54, 1.807) is 18.3 Å². The molecule has 8 heteroatoms. The molecule has 22 heavy (non-hydrogen) atoms. The fraction of sp³-hybridized carbons (Fsp3) is 0.143. The van der Waals surface area contributed by atoms with Crippen LogP contribution in [0, 0.1) is 0 Å². The fourth-order valence-electron chi connectivity index (χ4n) is 1.71. The second kappa shape index (κ2) is 6.33. The van der Waals surface area contributed by atoms with Gasteiger partial charge in [-0.15, -0.1) is 0 Å². The first-order valence-corrected chi connectivity index (χ1v) is 8.29. The van der Waals surface area contributed by atoms with E-state index in [2.05, 4.69) is 9.72 Å². The Morgan fingerprint density at radius 2 is 2.05 bits per heavy atom. The average Bonchev–Trinajstić information content (AvgIpc) is 2.46. The lowest BCUT2D eigenvalue weighted by Crippen LogP contribution is -2.07. The molecule has 0 atom stereocenters. The van der Waals surface area contributed by atoms with Crippen molar-refractivity contribution in [3.05, 3.63) is 47.2 Å². The number of hydrogen-bond acceptors (Lipinski definition) is 6. The van der Waals surface area contributed by atoms with Crippen LogP contribution in [0.4, 0.5) is 0 Å². The van der Waals surface area contributed by atoms with Gasteiger partial charge in [-0.3, -0.25) is 4.98 Å². The van der Waals surface area contributed by atoms with Crippen LogP contribution in [0.25, 0.3) is 0 Å². The van der Waals surface area contributed by atoms with Gasteiger partial charge in [0.1, 0.15) is 16.4 Å². The molecule has 0 aliphatic rings. The van der Waals surface area contributed by atoms with Crippen LogP contribution in [0.2, 0.25) is 5.02 Å². The standard InChI is InChI=1S/C14H12ClNO5S/c1-20-14(17)10-6-13(22(2,18)19)12(7-11(10)15)21-9-4-3-5-16-8-9/h3-8H,1-2H3. The molecule has 2 rings (SSSR count). The summed E-state index contributed by atoms with van der Waals surface area (Å²) < 4.78 is 33.9. The molecular formula is C14H12ClNO5S. The van der Waals surface area contributed by atoms with E-state index in [1.165, 1.54) is 19.4 Å². The summed E-state index contributed by atoms with van der Waals surface area (Å²) in [6.07, 6.45) is 3.99. The zero-order valence-corrected chi connectivity index (χ0v) is 13.3. The highest BCUT2D eigenvalue weighted by Gasteiger charge is 2.22. The van der Waals surface area contributed by atoms with Crippen LogP contribution < -0.4 is 4.74 Å². The van der Waals surface area contributed by atoms with Crippen LogP contribution in [0.15, 0.2) is 41.6 Å². The maximum atomic E-state index is 11.9. The molecule has 1 aromatic carbocycles. The third-order valence-electron chi connectivity index (χ3n) is 2.70. The first-order chi connectivity index (χ1) is 10.3. The van der Waals surface area contributed by atoms with Gasteiger partial charge in [-0.1, -0.05) is 11.6 Å². The first kappa shape index (κ1) is 16.3. The predicted molar refractivity (Wildman–Crippen MR) is 80.2 cm³/mol. The molecule has 0 bridgehead atoms. The van der Waals surface area contributed by atoms with E-state index in [4.69, 9.17) is 16.3 Å². The van der Waals surface area contributed by atoms with Crippen LogP contribution >= 0.6 is 11.6 Å². The van der Waals surface area contributed by atoms with Gasteiger partial charge in [0.05, 0.1) is 23.9 Å². The van der Waals surface area contributed by atoms with E-state index in [0.29, 0.717) is 5.75 Å². The zero-order chi connectivity index (χ0) is 16.3. The van der Waals surface area contributed by atoms with Gasteiger partial charge < -0.3 is 9.47 Å².